The highest BCUT2D eigenvalue weighted by Gasteiger charge is 2.08. The third kappa shape index (κ3) is 1.75. The van der Waals surface area contributed by atoms with Crippen molar-refractivity contribution in [1.82, 2.24) is 0 Å². The van der Waals surface area contributed by atoms with E-state index in [4.69, 9.17) is 0 Å². The third-order valence-corrected chi connectivity index (χ3v) is 2.98. The van der Waals surface area contributed by atoms with Gasteiger partial charge in [-0.15, -0.1) is 0 Å². The highest BCUT2D eigenvalue weighted by molar-refractivity contribution is 5.88. The van der Waals surface area contributed by atoms with Crippen molar-refractivity contribution in [2.75, 3.05) is 6.61 Å². The molecule has 1 heteroatoms. The summed E-state index contributed by atoms with van der Waals surface area (Å²) in [6.45, 7) is 4.37. The summed E-state index contributed by atoms with van der Waals surface area (Å²) in [5.74, 6) is 0.204. The molecule has 0 aromatic heterocycles. The summed E-state index contributed by atoms with van der Waals surface area (Å²) in [6.07, 6.45) is 0. The van der Waals surface area contributed by atoms with Crippen molar-refractivity contribution in [3.05, 3.63) is 47.5 Å². The van der Waals surface area contributed by atoms with Gasteiger partial charge in [0.2, 0.25) is 0 Å². The average molecular weight is 200 g/mol. The van der Waals surface area contributed by atoms with Gasteiger partial charge >= 0.3 is 0 Å². The standard InChI is InChI=1S/C14H16O/c1-10-5-3-8-14-12(10)6-4-7-13(14)11(2)9-15/h3-8,11,15H,9H2,1-2H3. The van der Waals surface area contributed by atoms with Crippen LogP contribution >= 0.6 is 0 Å². The average Bonchev–Trinajstić information content (AvgIpc) is 2.28. The van der Waals surface area contributed by atoms with Gasteiger partial charge in [0.25, 0.3) is 0 Å². The van der Waals surface area contributed by atoms with E-state index in [0.717, 1.165) is 0 Å². The van der Waals surface area contributed by atoms with E-state index in [9.17, 15) is 5.11 Å². The Morgan fingerprint density at radius 2 is 1.73 bits per heavy atom. The Kier molecular flexibility index (Phi) is 2.74. The van der Waals surface area contributed by atoms with Crippen LogP contribution in [0.1, 0.15) is 24.0 Å². The Balaban J connectivity index is 2.71. The third-order valence-electron chi connectivity index (χ3n) is 2.98. The van der Waals surface area contributed by atoms with Gasteiger partial charge in [-0.05, 0) is 28.8 Å². The number of fused-ring (bicyclic) bond motifs is 1. The van der Waals surface area contributed by atoms with E-state index in [1.54, 1.807) is 0 Å². The topological polar surface area (TPSA) is 20.2 Å². The van der Waals surface area contributed by atoms with Crippen LogP contribution in [0.2, 0.25) is 0 Å². The Morgan fingerprint density at radius 3 is 2.47 bits per heavy atom. The zero-order valence-electron chi connectivity index (χ0n) is 9.20. The summed E-state index contributed by atoms with van der Waals surface area (Å²) in [7, 11) is 0. The molecule has 0 aliphatic heterocycles. The van der Waals surface area contributed by atoms with Crippen LogP contribution in [0.3, 0.4) is 0 Å². The maximum Gasteiger partial charge on any atom is 0.0497 e. The maximum atomic E-state index is 9.22. The van der Waals surface area contributed by atoms with Gasteiger partial charge in [0, 0.05) is 12.5 Å². The Hall–Kier alpha value is -1.34. The summed E-state index contributed by atoms with van der Waals surface area (Å²) < 4.78 is 0. The molecule has 0 saturated carbocycles. The molecule has 15 heavy (non-hydrogen) atoms. The molecule has 1 N–H and O–H groups in total. The zero-order valence-corrected chi connectivity index (χ0v) is 9.20. The Morgan fingerprint density at radius 1 is 1.07 bits per heavy atom. The molecule has 0 aliphatic carbocycles. The molecule has 78 valence electrons. The first-order valence-electron chi connectivity index (χ1n) is 5.33. The molecule has 2 aromatic carbocycles. The highest BCUT2D eigenvalue weighted by Crippen LogP contribution is 2.27. The van der Waals surface area contributed by atoms with E-state index < -0.39 is 0 Å². The summed E-state index contributed by atoms with van der Waals surface area (Å²) >= 11 is 0. The van der Waals surface area contributed by atoms with Gasteiger partial charge in [-0.2, -0.15) is 0 Å². The molecule has 0 bridgehead atoms. The fourth-order valence-corrected chi connectivity index (χ4v) is 2.02. The minimum Gasteiger partial charge on any atom is -0.396 e. The quantitative estimate of drug-likeness (QED) is 0.789. The molecule has 0 amide bonds. The SMILES string of the molecule is Cc1cccc2c(C(C)CO)cccc12. The number of aryl methyl sites for hydroxylation is 1. The van der Waals surface area contributed by atoms with Crippen molar-refractivity contribution in [2.45, 2.75) is 19.8 Å². The predicted molar refractivity (Wildman–Crippen MR) is 64.2 cm³/mol. The van der Waals surface area contributed by atoms with E-state index in [2.05, 4.69) is 50.2 Å². The van der Waals surface area contributed by atoms with Crippen LogP contribution < -0.4 is 0 Å². The van der Waals surface area contributed by atoms with Gasteiger partial charge in [0.15, 0.2) is 0 Å². The fourth-order valence-electron chi connectivity index (χ4n) is 2.02. The second-order valence-corrected chi connectivity index (χ2v) is 4.10. The van der Waals surface area contributed by atoms with Crippen LogP contribution in [0.4, 0.5) is 0 Å². The molecular weight excluding hydrogens is 184 g/mol. The molecule has 1 nitrogen and oxygen atoms in total. The first-order chi connectivity index (χ1) is 7.24. The van der Waals surface area contributed by atoms with Crippen LogP contribution in [-0.2, 0) is 0 Å². The lowest BCUT2D eigenvalue weighted by Crippen LogP contribution is -1.99. The van der Waals surface area contributed by atoms with Crippen molar-refractivity contribution in [1.29, 1.82) is 0 Å². The fraction of sp³-hybridized carbons (Fsp3) is 0.286. The Labute approximate surface area is 90.4 Å². The van der Waals surface area contributed by atoms with Crippen molar-refractivity contribution in [3.63, 3.8) is 0 Å². The summed E-state index contributed by atoms with van der Waals surface area (Å²) in [6, 6.07) is 12.6. The molecule has 0 saturated heterocycles. The molecule has 0 fully saturated rings. The summed E-state index contributed by atoms with van der Waals surface area (Å²) in [5, 5.41) is 11.8. The largest absolute Gasteiger partial charge is 0.396 e. The second-order valence-electron chi connectivity index (χ2n) is 4.10. The first kappa shape index (κ1) is 10.2. The zero-order chi connectivity index (χ0) is 10.8. The molecule has 1 unspecified atom stereocenters. The van der Waals surface area contributed by atoms with Gasteiger partial charge in [-0.25, -0.2) is 0 Å². The lowest BCUT2D eigenvalue weighted by molar-refractivity contribution is 0.273. The first-order valence-corrected chi connectivity index (χ1v) is 5.33. The van der Waals surface area contributed by atoms with E-state index in [1.807, 2.05) is 0 Å². The van der Waals surface area contributed by atoms with Gasteiger partial charge < -0.3 is 5.11 Å². The molecule has 0 spiro atoms. The van der Waals surface area contributed by atoms with Gasteiger partial charge in [-0.1, -0.05) is 43.3 Å². The monoisotopic (exact) mass is 200 g/mol. The molecule has 1 atom stereocenters. The number of hydrogen-bond acceptors (Lipinski definition) is 1. The smallest absolute Gasteiger partial charge is 0.0497 e. The van der Waals surface area contributed by atoms with E-state index in [0.29, 0.717) is 0 Å². The molecule has 0 aliphatic rings. The lowest BCUT2D eigenvalue weighted by atomic mass is 9.94. The normalized spacial score (nSPS) is 13.0. The molecule has 0 heterocycles. The van der Waals surface area contributed by atoms with E-state index in [-0.39, 0.29) is 12.5 Å². The molecule has 2 aromatic rings. The van der Waals surface area contributed by atoms with Gasteiger partial charge in [0.1, 0.15) is 0 Å². The molecule has 0 radical (unpaired) electrons. The van der Waals surface area contributed by atoms with Crippen LogP contribution in [0, 0.1) is 6.92 Å². The van der Waals surface area contributed by atoms with Crippen molar-refractivity contribution < 1.29 is 5.11 Å². The molecular formula is C14H16O. The second kappa shape index (κ2) is 4.03. The summed E-state index contributed by atoms with van der Waals surface area (Å²) in [4.78, 5) is 0. The maximum absolute atomic E-state index is 9.22. The number of hydrogen-bond donors (Lipinski definition) is 1. The van der Waals surface area contributed by atoms with Crippen LogP contribution in [0.15, 0.2) is 36.4 Å². The number of benzene rings is 2. The van der Waals surface area contributed by atoms with Crippen LogP contribution in [0.25, 0.3) is 10.8 Å². The minimum atomic E-state index is 0.201. The van der Waals surface area contributed by atoms with Crippen molar-refractivity contribution >= 4 is 10.8 Å². The van der Waals surface area contributed by atoms with Crippen molar-refractivity contribution in [3.8, 4) is 0 Å². The minimum absolute atomic E-state index is 0.201. The van der Waals surface area contributed by atoms with E-state index >= 15 is 0 Å². The number of aliphatic hydroxyl groups is 1. The van der Waals surface area contributed by atoms with Crippen LogP contribution in [0.5, 0.6) is 0 Å². The van der Waals surface area contributed by atoms with Gasteiger partial charge in [0.05, 0.1) is 0 Å². The van der Waals surface area contributed by atoms with Crippen LogP contribution in [-0.4, -0.2) is 11.7 Å². The van der Waals surface area contributed by atoms with E-state index in [1.165, 1.54) is 21.9 Å². The number of aliphatic hydroxyl groups excluding tert-OH is 1. The molecule has 2 rings (SSSR count). The number of rotatable bonds is 2. The highest BCUT2D eigenvalue weighted by atomic mass is 16.3. The predicted octanol–water partition coefficient (Wildman–Crippen LogP) is 3.24. The van der Waals surface area contributed by atoms with Crippen molar-refractivity contribution in [2.24, 2.45) is 0 Å². The van der Waals surface area contributed by atoms with Gasteiger partial charge in [-0.3, -0.25) is 0 Å². The summed E-state index contributed by atoms with van der Waals surface area (Å²) in [5.41, 5.74) is 2.53. The lowest BCUT2D eigenvalue weighted by Gasteiger charge is -2.12. The Bertz CT molecular complexity index is 474.